The zero-order valence-electron chi connectivity index (χ0n) is 15.7. The highest BCUT2D eigenvalue weighted by atomic mass is 16.7. The maximum atomic E-state index is 9.43. The summed E-state index contributed by atoms with van der Waals surface area (Å²) in [5.41, 5.74) is 1.91. The Morgan fingerprint density at radius 2 is 1.96 bits per heavy atom. The van der Waals surface area contributed by atoms with Crippen molar-refractivity contribution in [1.82, 2.24) is 4.57 Å². The van der Waals surface area contributed by atoms with Gasteiger partial charge < -0.3 is 14.0 Å². The highest BCUT2D eigenvalue weighted by molar-refractivity contribution is 5.52. The summed E-state index contributed by atoms with van der Waals surface area (Å²) in [6.07, 6.45) is 13.1. The molecule has 1 unspecified atom stereocenters. The maximum Gasteiger partial charge on any atom is 0.231 e. The summed E-state index contributed by atoms with van der Waals surface area (Å²) < 4.78 is 13.1. The predicted molar refractivity (Wildman–Crippen MR) is 101 cm³/mol. The van der Waals surface area contributed by atoms with E-state index in [1.165, 1.54) is 5.57 Å². The molecule has 0 N–H and O–H groups in total. The average Bonchev–Trinajstić information content (AvgIpc) is 3.16. The van der Waals surface area contributed by atoms with Crippen LogP contribution in [0.3, 0.4) is 0 Å². The number of hydrogen-bond donors (Lipinski definition) is 0. The number of nitrogens with zero attached hydrogens (tertiary/aromatic N) is 2. The van der Waals surface area contributed by atoms with Crippen molar-refractivity contribution >= 4 is 12.2 Å². The van der Waals surface area contributed by atoms with Gasteiger partial charge in [0.2, 0.25) is 6.79 Å². The normalized spacial score (nSPS) is 19.8. The van der Waals surface area contributed by atoms with Crippen molar-refractivity contribution < 1.29 is 9.47 Å². The minimum Gasteiger partial charge on any atom is -0.454 e. The third-order valence-corrected chi connectivity index (χ3v) is 4.12. The molecule has 4 nitrogen and oxygen atoms in total. The van der Waals surface area contributed by atoms with Gasteiger partial charge in [-0.15, -0.1) is 0 Å². The van der Waals surface area contributed by atoms with Crippen molar-refractivity contribution in [3.63, 3.8) is 0 Å². The third-order valence-electron chi connectivity index (χ3n) is 4.12. The van der Waals surface area contributed by atoms with E-state index in [1.807, 2.05) is 39.1 Å². The zero-order valence-corrected chi connectivity index (χ0v) is 15.7. The number of allylic oxidation sites excluding steroid dienone is 4. The molecule has 2 heterocycles. The zero-order chi connectivity index (χ0) is 18.4. The van der Waals surface area contributed by atoms with Crippen LogP contribution in [0.15, 0.2) is 41.5 Å². The van der Waals surface area contributed by atoms with Crippen LogP contribution in [0.25, 0.3) is 12.2 Å². The Bertz CT molecular complexity index is 876. The Morgan fingerprint density at radius 1 is 1.24 bits per heavy atom. The first-order valence-corrected chi connectivity index (χ1v) is 8.77. The van der Waals surface area contributed by atoms with E-state index in [2.05, 4.69) is 42.7 Å². The monoisotopic (exact) mass is 338 g/mol. The van der Waals surface area contributed by atoms with E-state index in [9.17, 15) is 5.26 Å². The summed E-state index contributed by atoms with van der Waals surface area (Å²) in [4.78, 5) is 0. The van der Waals surface area contributed by atoms with Gasteiger partial charge in [0.05, 0.1) is 11.6 Å². The lowest BCUT2D eigenvalue weighted by atomic mass is 10.2. The second-order valence-electron chi connectivity index (χ2n) is 5.72. The minimum atomic E-state index is 0.0491. The molecule has 0 radical (unpaired) electrons. The van der Waals surface area contributed by atoms with Gasteiger partial charge in [-0.25, -0.2) is 0 Å². The summed E-state index contributed by atoms with van der Waals surface area (Å²) in [6, 6.07) is 2.35. The topological polar surface area (TPSA) is 47.2 Å². The van der Waals surface area contributed by atoms with Gasteiger partial charge in [0.25, 0.3) is 0 Å². The molecule has 1 aliphatic carbocycles. The molecule has 0 spiro atoms. The molecular weight excluding hydrogens is 312 g/mol. The molecule has 2 aliphatic rings. The van der Waals surface area contributed by atoms with Gasteiger partial charge >= 0.3 is 0 Å². The fraction of sp³-hybridized carbons (Fsp3) is 0.381. The van der Waals surface area contributed by atoms with Crippen LogP contribution in [0, 0.1) is 11.3 Å². The molecule has 1 aliphatic heterocycles. The molecule has 132 valence electrons. The first-order chi connectivity index (χ1) is 12.1. The molecule has 0 saturated carbocycles. The van der Waals surface area contributed by atoms with Crippen LogP contribution in [0.1, 0.15) is 52.6 Å². The summed E-state index contributed by atoms with van der Waals surface area (Å²) in [5, 5.41) is 11.5. The van der Waals surface area contributed by atoms with E-state index in [-0.39, 0.29) is 12.8 Å². The van der Waals surface area contributed by atoms with Crippen molar-refractivity contribution in [1.29, 1.82) is 5.26 Å². The standard InChI is InChI=1S/C19H20N2O2.C2H6/c1-4-18-19(23-12-22-18)9-14(3)21-11-15(10-20)16-7-5-6-13(2)8-17(16)21;1-2/h4,6-9,11,14H,5,12H2,1-3H3;1-2H3/b18-4+,19-9+;. The van der Waals surface area contributed by atoms with Crippen molar-refractivity contribution in [3.05, 3.63) is 57.6 Å². The van der Waals surface area contributed by atoms with Crippen LogP contribution >= 0.6 is 0 Å². The minimum absolute atomic E-state index is 0.0491. The Kier molecular flexibility index (Phi) is 6.30. The lowest BCUT2D eigenvalue weighted by molar-refractivity contribution is 0.0971. The van der Waals surface area contributed by atoms with Crippen molar-refractivity contribution in [3.8, 4) is 6.07 Å². The lowest BCUT2D eigenvalue weighted by Crippen LogP contribution is -2.31. The molecule has 1 saturated heterocycles. The van der Waals surface area contributed by atoms with Gasteiger partial charge in [0, 0.05) is 16.8 Å². The highest BCUT2D eigenvalue weighted by Gasteiger charge is 2.18. The van der Waals surface area contributed by atoms with E-state index < -0.39 is 0 Å². The second-order valence-corrected chi connectivity index (χ2v) is 5.72. The largest absolute Gasteiger partial charge is 0.454 e. The number of aromatic nitrogens is 1. The predicted octanol–water partition coefficient (Wildman–Crippen LogP) is 3.65. The molecule has 25 heavy (non-hydrogen) atoms. The molecule has 4 heteroatoms. The molecule has 0 bridgehead atoms. The molecule has 1 fully saturated rings. The fourth-order valence-electron chi connectivity index (χ4n) is 2.94. The van der Waals surface area contributed by atoms with E-state index >= 15 is 0 Å². The van der Waals surface area contributed by atoms with E-state index in [0.29, 0.717) is 5.56 Å². The van der Waals surface area contributed by atoms with Gasteiger partial charge in [-0.1, -0.05) is 31.6 Å². The molecule has 1 aromatic heterocycles. The number of rotatable bonds is 2. The first kappa shape index (κ1) is 18.7. The van der Waals surface area contributed by atoms with Crippen LogP contribution in [-0.4, -0.2) is 11.4 Å². The van der Waals surface area contributed by atoms with Crippen LogP contribution in [0.5, 0.6) is 0 Å². The lowest BCUT2D eigenvalue weighted by Gasteiger charge is -2.11. The third kappa shape index (κ3) is 3.88. The summed E-state index contributed by atoms with van der Waals surface area (Å²) in [7, 11) is 0. The molecule has 0 aromatic carbocycles. The van der Waals surface area contributed by atoms with Crippen molar-refractivity contribution in [2.24, 2.45) is 0 Å². The van der Waals surface area contributed by atoms with Crippen molar-refractivity contribution in [2.75, 3.05) is 6.79 Å². The SMILES string of the molecule is C/C=C1/OCO/C1=C/C(C)n1cc(C#N)c2c1=CC(C)=CCC=2.CC. The van der Waals surface area contributed by atoms with Gasteiger partial charge in [0.1, 0.15) is 6.07 Å². The molecule has 0 amide bonds. The first-order valence-electron chi connectivity index (χ1n) is 8.77. The Morgan fingerprint density at radius 3 is 2.64 bits per heavy atom. The Hall–Kier alpha value is -2.67. The quantitative estimate of drug-likeness (QED) is 0.827. The second kappa shape index (κ2) is 8.43. The van der Waals surface area contributed by atoms with Crippen LogP contribution in [-0.2, 0) is 9.47 Å². The average molecular weight is 338 g/mol. The van der Waals surface area contributed by atoms with E-state index in [4.69, 9.17) is 9.47 Å². The Labute approximate surface area is 149 Å². The number of hydrogen-bond acceptors (Lipinski definition) is 3. The smallest absolute Gasteiger partial charge is 0.231 e. The van der Waals surface area contributed by atoms with Gasteiger partial charge in [-0.3, -0.25) is 0 Å². The number of fused-ring (bicyclic) bond motifs is 1. The molecule has 3 rings (SSSR count). The van der Waals surface area contributed by atoms with Crippen molar-refractivity contribution in [2.45, 2.75) is 47.1 Å². The van der Waals surface area contributed by atoms with Gasteiger partial charge in [-0.05, 0) is 45.4 Å². The van der Waals surface area contributed by atoms with E-state index in [0.717, 1.165) is 28.5 Å². The van der Waals surface area contributed by atoms with Crippen LogP contribution in [0.2, 0.25) is 0 Å². The number of ether oxygens (including phenoxy) is 2. The van der Waals surface area contributed by atoms with Gasteiger partial charge in [0.15, 0.2) is 11.5 Å². The summed E-state index contributed by atoms with van der Waals surface area (Å²) >= 11 is 0. The highest BCUT2D eigenvalue weighted by Crippen LogP contribution is 2.23. The van der Waals surface area contributed by atoms with E-state index in [1.54, 1.807) is 0 Å². The van der Waals surface area contributed by atoms with Crippen LogP contribution < -0.4 is 10.6 Å². The summed E-state index contributed by atoms with van der Waals surface area (Å²) in [5.74, 6) is 1.52. The molecule has 1 aromatic rings. The molecular formula is C21H26N2O2. The Balaban J connectivity index is 0.00000109. The summed E-state index contributed by atoms with van der Waals surface area (Å²) in [6.45, 7) is 10.4. The fourth-order valence-corrected chi connectivity index (χ4v) is 2.94. The molecule has 1 atom stereocenters. The maximum absolute atomic E-state index is 9.43. The van der Waals surface area contributed by atoms with Gasteiger partial charge in [-0.2, -0.15) is 5.26 Å². The number of nitriles is 1. The van der Waals surface area contributed by atoms with Crippen LogP contribution in [0.4, 0.5) is 0 Å².